The van der Waals surface area contributed by atoms with Gasteiger partial charge in [0.05, 0.1) is 0 Å². The van der Waals surface area contributed by atoms with Crippen LogP contribution in [0.3, 0.4) is 0 Å². The average molecular weight is 181 g/mol. The second-order valence-corrected chi connectivity index (χ2v) is 3.62. The molecule has 4 heteroatoms. The molecule has 1 unspecified atom stereocenters. The molecule has 1 saturated heterocycles. The molecule has 0 saturated carbocycles. The third-order valence-electron chi connectivity index (χ3n) is 2.58. The Kier molecular flexibility index (Phi) is 2.49. The van der Waals surface area contributed by atoms with Gasteiger partial charge in [0, 0.05) is 17.8 Å². The summed E-state index contributed by atoms with van der Waals surface area (Å²) in [5.74, 6) is 0. The Morgan fingerprint density at radius 3 is 3.00 bits per heavy atom. The van der Waals surface area contributed by atoms with Gasteiger partial charge in [-0.1, -0.05) is 0 Å². The van der Waals surface area contributed by atoms with Crippen molar-refractivity contribution in [1.82, 2.24) is 15.5 Å². The molecule has 1 aliphatic rings. The van der Waals surface area contributed by atoms with Gasteiger partial charge in [-0.3, -0.25) is 9.89 Å². The topological polar surface area (TPSA) is 60.7 Å². The van der Waals surface area contributed by atoms with E-state index in [4.69, 9.17) is 0 Å². The van der Waals surface area contributed by atoms with Crippen LogP contribution in [0.2, 0.25) is 0 Å². The van der Waals surface area contributed by atoms with E-state index in [0.29, 0.717) is 6.04 Å². The second-order valence-electron chi connectivity index (χ2n) is 3.62. The van der Waals surface area contributed by atoms with E-state index in [9.17, 15) is 4.79 Å². The summed E-state index contributed by atoms with van der Waals surface area (Å²) in [6, 6.07) is 2.29. The van der Waals surface area contributed by atoms with Crippen molar-refractivity contribution >= 4 is 0 Å². The van der Waals surface area contributed by atoms with E-state index in [1.165, 1.54) is 12.8 Å². The number of hydrogen-bond acceptors (Lipinski definition) is 2. The molecule has 0 spiro atoms. The molecule has 0 bridgehead atoms. The van der Waals surface area contributed by atoms with Gasteiger partial charge in [0.2, 0.25) is 0 Å². The molecule has 4 nitrogen and oxygen atoms in total. The number of hydrogen-bond donors (Lipinski definition) is 3. The van der Waals surface area contributed by atoms with Gasteiger partial charge in [-0.15, -0.1) is 0 Å². The monoisotopic (exact) mass is 181 g/mol. The summed E-state index contributed by atoms with van der Waals surface area (Å²) in [7, 11) is 0. The van der Waals surface area contributed by atoms with Gasteiger partial charge >= 0.3 is 0 Å². The van der Waals surface area contributed by atoms with Crippen LogP contribution in [-0.4, -0.2) is 22.8 Å². The van der Waals surface area contributed by atoms with E-state index in [1.54, 1.807) is 6.07 Å². The minimum absolute atomic E-state index is 0.0330. The number of H-pyrrole nitrogens is 2. The van der Waals surface area contributed by atoms with E-state index in [1.807, 2.05) is 0 Å². The smallest absolute Gasteiger partial charge is 0.264 e. The molecule has 3 N–H and O–H groups in total. The fourth-order valence-corrected chi connectivity index (χ4v) is 1.84. The Morgan fingerprint density at radius 1 is 1.46 bits per heavy atom. The average Bonchev–Trinajstić information content (AvgIpc) is 2.71. The summed E-state index contributed by atoms with van der Waals surface area (Å²) >= 11 is 0. The molecule has 0 aromatic carbocycles. The zero-order valence-corrected chi connectivity index (χ0v) is 7.60. The lowest BCUT2D eigenvalue weighted by Crippen LogP contribution is -2.21. The maximum atomic E-state index is 10.8. The van der Waals surface area contributed by atoms with Crippen molar-refractivity contribution in [1.29, 1.82) is 0 Å². The van der Waals surface area contributed by atoms with Crippen LogP contribution >= 0.6 is 0 Å². The third-order valence-corrected chi connectivity index (χ3v) is 2.58. The van der Waals surface area contributed by atoms with Crippen LogP contribution in [0.5, 0.6) is 0 Å². The van der Waals surface area contributed by atoms with Gasteiger partial charge in [0.25, 0.3) is 5.56 Å². The Labute approximate surface area is 76.7 Å². The van der Waals surface area contributed by atoms with E-state index in [0.717, 1.165) is 25.1 Å². The van der Waals surface area contributed by atoms with Crippen LogP contribution in [0.1, 0.15) is 25.0 Å². The van der Waals surface area contributed by atoms with Crippen molar-refractivity contribution < 1.29 is 0 Å². The van der Waals surface area contributed by atoms with Crippen molar-refractivity contribution in [3.05, 3.63) is 22.1 Å². The van der Waals surface area contributed by atoms with Crippen LogP contribution in [0.15, 0.2) is 10.9 Å². The predicted octanol–water partition coefficient (Wildman–Crippen LogP) is 0.388. The van der Waals surface area contributed by atoms with Crippen molar-refractivity contribution in [3.8, 4) is 0 Å². The summed E-state index contributed by atoms with van der Waals surface area (Å²) < 4.78 is 0. The lowest BCUT2D eigenvalue weighted by Gasteiger charge is -2.07. The van der Waals surface area contributed by atoms with Crippen molar-refractivity contribution in [2.45, 2.75) is 31.7 Å². The molecule has 0 aliphatic carbocycles. The fraction of sp³-hybridized carbons (Fsp3) is 0.667. The largest absolute Gasteiger partial charge is 0.314 e. The van der Waals surface area contributed by atoms with Crippen LogP contribution < -0.4 is 10.9 Å². The summed E-state index contributed by atoms with van der Waals surface area (Å²) in [4.78, 5) is 10.8. The van der Waals surface area contributed by atoms with Crippen molar-refractivity contribution in [3.63, 3.8) is 0 Å². The van der Waals surface area contributed by atoms with Gasteiger partial charge < -0.3 is 10.4 Å². The zero-order chi connectivity index (χ0) is 9.10. The molecule has 72 valence electrons. The molecule has 1 aromatic heterocycles. The van der Waals surface area contributed by atoms with E-state index < -0.39 is 0 Å². The van der Waals surface area contributed by atoms with Crippen molar-refractivity contribution in [2.75, 3.05) is 6.54 Å². The van der Waals surface area contributed by atoms with Crippen molar-refractivity contribution in [2.24, 2.45) is 0 Å². The highest BCUT2D eigenvalue weighted by Gasteiger charge is 2.13. The summed E-state index contributed by atoms with van der Waals surface area (Å²) in [5.41, 5.74) is 0.980. The molecule has 2 rings (SSSR count). The predicted molar refractivity (Wildman–Crippen MR) is 50.8 cm³/mol. The molecular formula is C9H15N3O. The number of nitrogens with one attached hydrogen (secondary N) is 3. The quantitative estimate of drug-likeness (QED) is 0.631. The molecule has 1 fully saturated rings. The molecule has 1 aromatic rings. The van der Waals surface area contributed by atoms with Gasteiger partial charge in [-0.25, -0.2) is 0 Å². The number of rotatable bonds is 3. The van der Waals surface area contributed by atoms with E-state index in [2.05, 4.69) is 15.5 Å². The molecule has 0 amide bonds. The molecule has 2 heterocycles. The highest BCUT2D eigenvalue weighted by Crippen LogP contribution is 2.10. The Hall–Kier alpha value is -1.03. The number of aromatic nitrogens is 2. The van der Waals surface area contributed by atoms with E-state index >= 15 is 0 Å². The Morgan fingerprint density at radius 2 is 2.38 bits per heavy atom. The first kappa shape index (κ1) is 8.56. The third kappa shape index (κ3) is 2.21. The molecule has 1 atom stereocenters. The van der Waals surface area contributed by atoms with Gasteiger partial charge in [-0.05, 0) is 32.2 Å². The maximum absolute atomic E-state index is 10.8. The van der Waals surface area contributed by atoms with Crippen LogP contribution in [0.4, 0.5) is 0 Å². The SMILES string of the molecule is O=c1cc(CCC2CCCN2)[nH][nH]1. The first-order valence-electron chi connectivity index (χ1n) is 4.84. The number of aromatic amines is 2. The first-order chi connectivity index (χ1) is 6.34. The second kappa shape index (κ2) is 3.79. The minimum Gasteiger partial charge on any atom is -0.314 e. The normalized spacial score (nSPS) is 22.3. The van der Waals surface area contributed by atoms with Gasteiger partial charge in [0.1, 0.15) is 0 Å². The summed E-state index contributed by atoms with van der Waals surface area (Å²) in [5, 5.41) is 8.84. The van der Waals surface area contributed by atoms with E-state index in [-0.39, 0.29) is 5.56 Å². The maximum Gasteiger partial charge on any atom is 0.264 e. The van der Waals surface area contributed by atoms with Crippen LogP contribution in [0, 0.1) is 0 Å². The molecule has 13 heavy (non-hydrogen) atoms. The number of aryl methyl sites for hydroxylation is 1. The summed E-state index contributed by atoms with van der Waals surface area (Å²) in [6.45, 7) is 1.15. The minimum atomic E-state index is -0.0330. The molecule has 0 radical (unpaired) electrons. The van der Waals surface area contributed by atoms with Gasteiger partial charge in [-0.2, -0.15) is 0 Å². The standard InChI is InChI=1S/C9H15N3O/c13-9-6-8(11-12-9)4-3-7-2-1-5-10-7/h6-7,10H,1-5H2,(H2,11,12,13). The first-order valence-corrected chi connectivity index (χ1v) is 4.84. The van der Waals surface area contributed by atoms with Crippen LogP contribution in [-0.2, 0) is 6.42 Å². The Balaban J connectivity index is 1.82. The van der Waals surface area contributed by atoms with Crippen LogP contribution in [0.25, 0.3) is 0 Å². The fourth-order valence-electron chi connectivity index (χ4n) is 1.84. The lowest BCUT2D eigenvalue weighted by atomic mass is 10.1. The zero-order valence-electron chi connectivity index (χ0n) is 7.60. The molecular weight excluding hydrogens is 166 g/mol. The summed E-state index contributed by atoms with van der Waals surface area (Å²) in [6.07, 6.45) is 4.63. The molecule has 1 aliphatic heterocycles. The highest BCUT2D eigenvalue weighted by molar-refractivity contribution is 4.98. The Bertz CT molecular complexity index is 309. The van der Waals surface area contributed by atoms with Gasteiger partial charge in [0.15, 0.2) is 0 Å². The lowest BCUT2D eigenvalue weighted by molar-refractivity contribution is 0.555. The highest BCUT2D eigenvalue weighted by atomic mass is 16.1.